The number of carbonyl (C=O) groups excluding carboxylic acids is 1. The van der Waals surface area contributed by atoms with Crippen LogP contribution in [0, 0.1) is 0 Å². The molecular weight excluding hydrogens is 252 g/mol. The van der Waals surface area contributed by atoms with Gasteiger partial charge in [0.2, 0.25) is 5.91 Å². The summed E-state index contributed by atoms with van der Waals surface area (Å²) < 4.78 is 1.34. The molecule has 2 aromatic rings. The SMILES string of the molecule is CC(C(=O)Nc1nccnc1C(=O)O)n1cncn1. The Balaban J connectivity index is 2.18. The third kappa shape index (κ3) is 2.70. The van der Waals surface area contributed by atoms with Crippen molar-refractivity contribution in [2.75, 3.05) is 5.32 Å². The summed E-state index contributed by atoms with van der Waals surface area (Å²) in [5.74, 6) is -1.84. The van der Waals surface area contributed by atoms with Crippen LogP contribution in [0.5, 0.6) is 0 Å². The Morgan fingerprint density at radius 3 is 2.74 bits per heavy atom. The van der Waals surface area contributed by atoms with Gasteiger partial charge in [-0.2, -0.15) is 5.10 Å². The summed E-state index contributed by atoms with van der Waals surface area (Å²) >= 11 is 0. The molecule has 0 bridgehead atoms. The molecule has 98 valence electrons. The lowest BCUT2D eigenvalue weighted by molar-refractivity contribution is -0.119. The summed E-state index contributed by atoms with van der Waals surface area (Å²) in [4.78, 5) is 34.0. The van der Waals surface area contributed by atoms with Crippen molar-refractivity contribution in [3.8, 4) is 0 Å². The first kappa shape index (κ1) is 12.6. The molecule has 9 nitrogen and oxygen atoms in total. The molecule has 0 radical (unpaired) electrons. The van der Waals surface area contributed by atoms with Crippen LogP contribution in [-0.2, 0) is 4.79 Å². The summed E-state index contributed by atoms with van der Waals surface area (Å²) in [5, 5.41) is 15.1. The maximum Gasteiger partial charge on any atom is 0.358 e. The highest BCUT2D eigenvalue weighted by molar-refractivity contribution is 5.98. The van der Waals surface area contributed by atoms with Crippen LogP contribution in [0.4, 0.5) is 5.82 Å². The average molecular weight is 262 g/mol. The lowest BCUT2D eigenvalue weighted by Gasteiger charge is -2.12. The Morgan fingerprint density at radius 1 is 1.37 bits per heavy atom. The second-order valence-electron chi connectivity index (χ2n) is 3.60. The Labute approximate surface area is 107 Å². The van der Waals surface area contributed by atoms with Crippen LogP contribution in [-0.4, -0.2) is 41.7 Å². The van der Waals surface area contributed by atoms with Crippen molar-refractivity contribution in [2.45, 2.75) is 13.0 Å². The number of carbonyl (C=O) groups is 2. The molecule has 0 aliphatic heterocycles. The van der Waals surface area contributed by atoms with E-state index in [1.807, 2.05) is 0 Å². The van der Waals surface area contributed by atoms with Crippen molar-refractivity contribution in [3.05, 3.63) is 30.7 Å². The minimum Gasteiger partial charge on any atom is -0.476 e. The number of nitrogens with one attached hydrogen (secondary N) is 1. The highest BCUT2D eigenvalue weighted by Gasteiger charge is 2.20. The van der Waals surface area contributed by atoms with Gasteiger partial charge in [-0.1, -0.05) is 0 Å². The summed E-state index contributed by atoms with van der Waals surface area (Å²) in [6.45, 7) is 1.60. The van der Waals surface area contributed by atoms with Crippen molar-refractivity contribution in [2.24, 2.45) is 0 Å². The number of hydrogen-bond donors (Lipinski definition) is 2. The zero-order valence-corrected chi connectivity index (χ0v) is 9.89. The van der Waals surface area contributed by atoms with E-state index in [1.165, 1.54) is 29.7 Å². The van der Waals surface area contributed by atoms with Gasteiger partial charge in [-0.3, -0.25) is 4.79 Å². The quantitative estimate of drug-likeness (QED) is 0.792. The molecule has 0 aromatic carbocycles. The van der Waals surface area contributed by atoms with Crippen LogP contribution in [0.15, 0.2) is 25.0 Å². The van der Waals surface area contributed by atoms with Crippen LogP contribution in [0.2, 0.25) is 0 Å². The zero-order valence-electron chi connectivity index (χ0n) is 9.89. The Hall–Kier alpha value is -2.84. The van der Waals surface area contributed by atoms with Gasteiger partial charge in [0, 0.05) is 12.4 Å². The topological polar surface area (TPSA) is 123 Å². The molecule has 0 saturated carbocycles. The third-order valence-electron chi connectivity index (χ3n) is 2.36. The predicted octanol–water partition coefficient (Wildman–Crippen LogP) is -0.0340. The summed E-state index contributed by atoms with van der Waals surface area (Å²) in [6.07, 6.45) is 5.22. The van der Waals surface area contributed by atoms with Gasteiger partial charge >= 0.3 is 5.97 Å². The number of amides is 1. The van der Waals surface area contributed by atoms with Crippen LogP contribution in [0.1, 0.15) is 23.5 Å². The van der Waals surface area contributed by atoms with E-state index in [2.05, 4.69) is 25.4 Å². The lowest BCUT2D eigenvalue weighted by atomic mass is 10.3. The van der Waals surface area contributed by atoms with E-state index in [4.69, 9.17) is 5.11 Å². The van der Waals surface area contributed by atoms with Crippen molar-refractivity contribution in [1.82, 2.24) is 24.7 Å². The number of anilines is 1. The van der Waals surface area contributed by atoms with E-state index in [-0.39, 0.29) is 11.5 Å². The Kier molecular flexibility index (Phi) is 3.46. The summed E-state index contributed by atoms with van der Waals surface area (Å²) in [7, 11) is 0. The number of hydrogen-bond acceptors (Lipinski definition) is 6. The minimum absolute atomic E-state index is 0.105. The molecular formula is C10H10N6O3. The van der Waals surface area contributed by atoms with E-state index < -0.39 is 17.9 Å². The molecule has 2 heterocycles. The number of aromatic carboxylic acids is 1. The van der Waals surface area contributed by atoms with Crippen molar-refractivity contribution < 1.29 is 14.7 Å². The van der Waals surface area contributed by atoms with Gasteiger partial charge in [-0.05, 0) is 6.92 Å². The zero-order chi connectivity index (χ0) is 13.8. The monoisotopic (exact) mass is 262 g/mol. The second kappa shape index (κ2) is 5.21. The fourth-order valence-electron chi connectivity index (χ4n) is 1.34. The molecule has 1 unspecified atom stereocenters. The molecule has 2 rings (SSSR count). The second-order valence-corrected chi connectivity index (χ2v) is 3.60. The predicted molar refractivity (Wildman–Crippen MR) is 62.4 cm³/mol. The normalized spacial score (nSPS) is 11.8. The molecule has 1 atom stereocenters. The van der Waals surface area contributed by atoms with Crippen molar-refractivity contribution in [1.29, 1.82) is 0 Å². The highest BCUT2D eigenvalue weighted by Crippen LogP contribution is 2.11. The number of carboxylic acid groups (broad SMARTS) is 1. The molecule has 2 aromatic heterocycles. The smallest absolute Gasteiger partial charge is 0.358 e. The number of aromatic nitrogens is 5. The molecule has 2 N–H and O–H groups in total. The third-order valence-corrected chi connectivity index (χ3v) is 2.36. The molecule has 1 amide bonds. The van der Waals surface area contributed by atoms with E-state index >= 15 is 0 Å². The first-order valence-corrected chi connectivity index (χ1v) is 5.29. The standard InChI is InChI=1S/C10H10N6O3/c1-6(16-5-11-4-14-16)9(17)15-8-7(10(18)19)12-2-3-13-8/h2-6H,1H3,(H,18,19)(H,13,15,17). The van der Waals surface area contributed by atoms with Gasteiger partial charge in [0.1, 0.15) is 18.7 Å². The van der Waals surface area contributed by atoms with Gasteiger partial charge in [0.15, 0.2) is 11.5 Å². The lowest BCUT2D eigenvalue weighted by Crippen LogP contribution is -2.25. The first-order valence-electron chi connectivity index (χ1n) is 5.29. The van der Waals surface area contributed by atoms with E-state index in [9.17, 15) is 9.59 Å². The maximum atomic E-state index is 11.9. The van der Waals surface area contributed by atoms with Gasteiger partial charge in [0.05, 0.1) is 0 Å². The molecule has 19 heavy (non-hydrogen) atoms. The molecule has 0 saturated heterocycles. The Morgan fingerprint density at radius 2 is 2.11 bits per heavy atom. The van der Waals surface area contributed by atoms with Crippen molar-refractivity contribution in [3.63, 3.8) is 0 Å². The minimum atomic E-state index is -1.27. The highest BCUT2D eigenvalue weighted by atomic mass is 16.4. The van der Waals surface area contributed by atoms with Crippen LogP contribution < -0.4 is 5.32 Å². The summed E-state index contributed by atoms with van der Waals surface area (Å²) in [5.41, 5.74) is -0.318. The number of rotatable bonds is 4. The van der Waals surface area contributed by atoms with E-state index in [1.54, 1.807) is 6.92 Å². The average Bonchev–Trinajstić information content (AvgIpc) is 2.92. The largest absolute Gasteiger partial charge is 0.476 e. The number of carboxylic acids is 1. The van der Waals surface area contributed by atoms with Gasteiger partial charge < -0.3 is 10.4 Å². The fourth-order valence-corrected chi connectivity index (χ4v) is 1.34. The van der Waals surface area contributed by atoms with Gasteiger partial charge in [-0.15, -0.1) is 0 Å². The molecule has 0 aliphatic rings. The van der Waals surface area contributed by atoms with Crippen molar-refractivity contribution >= 4 is 17.7 Å². The Bertz CT molecular complexity index is 597. The van der Waals surface area contributed by atoms with Crippen LogP contribution in [0.25, 0.3) is 0 Å². The molecule has 0 aliphatic carbocycles. The molecule has 9 heteroatoms. The number of nitrogens with zero attached hydrogens (tertiary/aromatic N) is 5. The van der Waals surface area contributed by atoms with E-state index in [0.29, 0.717) is 0 Å². The van der Waals surface area contributed by atoms with Gasteiger partial charge in [-0.25, -0.2) is 24.4 Å². The van der Waals surface area contributed by atoms with Gasteiger partial charge in [0.25, 0.3) is 0 Å². The maximum absolute atomic E-state index is 11.9. The first-order chi connectivity index (χ1) is 9.09. The van der Waals surface area contributed by atoms with Crippen LogP contribution >= 0.6 is 0 Å². The molecule has 0 spiro atoms. The summed E-state index contributed by atoms with van der Waals surface area (Å²) in [6, 6.07) is -0.647. The van der Waals surface area contributed by atoms with Crippen LogP contribution in [0.3, 0.4) is 0 Å². The molecule has 0 fully saturated rings. The van der Waals surface area contributed by atoms with E-state index in [0.717, 1.165) is 0 Å². The fraction of sp³-hybridized carbons (Fsp3) is 0.200.